The predicted molar refractivity (Wildman–Crippen MR) is 117 cm³/mol. The Morgan fingerprint density at radius 3 is 2.23 bits per heavy atom. The molecule has 1 atom stereocenters. The summed E-state index contributed by atoms with van der Waals surface area (Å²) < 4.78 is 49.9. The maximum absolute atomic E-state index is 12.3. The first kappa shape index (κ1) is 21.8. The largest absolute Gasteiger partial charge is 0.378 e. The van der Waals surface area contributed by atoms with Crippen molar-refractivity contribution in [3.8, 4) is 5.75 Å². The lowest BCUT2D eigenvalue weighted by Gasteiger charge is -2.24. The van der Waals surface area contributed by atoms with Gasteiger partial charge in [-0.3, -0.25) is 4.55 Å². The zero-order valence-electron chi connectivity index (χ0n) is 16.1. The van der Waals surface area contributed by atoms with E-state index in [1.54, 1.807) is 11.9 Å². The zero-order chi connectivity index (χ0) is 21.7. The molecule has 0 fully saturated rings. The van der Waals surface area contributed by atoms with Gasteiger partial charge in [0.1, 0.15) is 4.90 Å². The summed E-state index contributed by atoms with van der Waals surface area (Å²) in [6.07, 6.45) is 0. The number of anilines is 3. The molecule has 4 N–H and O–H groups in total. The third-order valence-electron chi connectivity index (χ3n) is 4.36. The molecular weight excluding hydrogens is 426 g/mol. The number of benzene rings is 3. The summed E-state index contributed by atoms with van der Waals surface area (Å²) in [6.45, 7) is 0.387. The van der Waals surface area contributed by atoms with E-state index in [0.717, 1.165) is 17.3 Å². The van der Waals surface area contributed by atoms with Crippen LogP contribution in [0.2, 0.25) is 0 Å². The zero-order valence-corrected chi connectivity index (χ0v) is 17.7. The summed E-state index contributed by atoms with van der Waals surface area (Å²) in [5.41, 5.74) is 2.32. The normalized spacial score (nSPS) is 12.2. The highest BCUT2D eigenvalue weighted by molar-refractivity contribution is 7.89. The lowest BCUT2D eigenvalue weighted by Crippen LogP contribution is -2.19. The van der Waals surface area contributed by atoms with Gasteiger partial charge in [0, 0.05) is 25.3 Å². The Balaban J connectivity index is 2.10. The second kappa shape index (κ2) is 9.26. The van der Waals surface area contributed by atoms with E-state index in [-0.39, 0.29) is 16.3 Å². The number of nitrogens with one attached hydrogen (secondary N) is 1. The van der Waals surface area contributed by atoms with E-state index in [0.29, 0.717) is 12.2 Å². The molecule has 3 aromatic rings. The highest BCUT2D eigenvalue weighted by Gasteiger charge is 2.23. The summed E-state index contributed by atoms with van der Waals surface area (Å²) >= 11 is -2.65. The van der Waals surface area contributed by atoms with Crippen molar-refractivity contribution in [3.63, 3.8) is 0 Å². The van der Waals surface area contributed by atoms with Crippen molar-refractivity contribution in [1.29, 1.82) is 0 Å². The molecule has 0 spiro atoms. The van der Waals surface area contributed by atoms with Crippen LogP contribution in [0, 0.1) is 0 Å². The van der Waals surface area contributed by atoms with Gasteiger partial charge in [-0.15, -0.1) is 0 Å². The van der Waals surface area contributed by atoms with Crippen molar-refractivity contribution >= 4 is 38.4 Å². The van der Waals surface area contributed by atoms with Gasteiger partial charge in [-0.05, 0) is 23.8 Å². The molecule has 0 aliphatic rings. The second-order valence-electron chi connectivity index (χ2n) is 6.40. The maximum atomic E-state index is 12.3. The number of hydrogen-bond donors (Lipinski definition) is 3. The fourth-order valence-corrected chi connectivity index (χ4v) is 3.96. The third-order valence-corrected chi connectivity index (χ3v) is 5.62. The first-order valence-corrected chi connectivity index (χ1v) is 11.4. The first-order valence-electron chi connectivity index (χ1n) is 8.82. The van der Waals surface area contributed by atoms with Crippen molar-refractivity contribution in [3.05, 3.63) is 78.4 Å². The average Bonchev–Trinajstić information content (AvgIpc) is 2.72. The molecule has 8 nitrogen and oxygen atoms in total. The molecule has 30 heavy (non-hydrogen) atoms. The topological polar surface area (TPSA) is 122 Å². The number of primary sulfonamides is 1. The van der Waals surface area contributed by atoms with E-state index in [1.807, 2.05) is 60.7 Å². The van der Waals surface area contributed by atoms with Gasteiger partial charge in [0.2, 0.25) is 10.0 Å². The Bertz CT molecular complexity index is 1140. The van der Waals surface area contributed by atoms with Crippen molar-refractivity contribution in [1.82, 2.24) is 0 Å². The van der Waals surface area contributed by atoms with E-state index >= 15 is 0 Å². The van der Waals surface area contributed by atoms with Crippen LogP contribution >= 0.6 is 0 Å². The lowest BCUT2D eigenvalue weighted by molar-refractivity contribution is 0.458. The molecule has 0 amide bonds. The molecular formula is C20H21N3O5S2. The van der Waals surface area contributed by atoms with E-state index in [9.17, 15) is 17.2 Å². The van der Waals surface area contributed by atoms with Crippen molar-refractivity contribution in [2.75, 3.05) is 17.3 Å². The maximum Gasteiger partial charge on any atom is 0.357 e. The monoisotopic (exact) mass is 447 g/mol. The Morgan fingerprint density at radius 2 is 1.67 bits per heavy atom. The fraction of sp³-hybridized carbons (Fsp3) is 0.100. The summed E-state index contributed by atoms with van der Waals surface area (Å²) in [4.78, 5) is 1.42. The van der Waals surface area contributed by atoms with Gasteiger partial charge in [-0.25, -0.2) is 13.6 Å². The van der Waals surface area contributed by atoms with Gasteiger partial charge in [0.15, 0.2) is 5.75 Å². The first-order chi connectivity index (χ1) is 14.3. The van der Waals surface area contributed by atoms with Crippen LogP contribution in [0.25, 0.3) is 0 Å². The Kier molecular flexibility index (Phi) is 6.73. The molecule has 0 heterocycles. The van der Waals surface area contributed by atoms with Crippen LogP contribution in [0.15, 0.2) is 77.7 Å². The van der Waals surface area contributed by atoms with Crippen LogP contribution in [0.1, 0.15) is 5.56 Å². The standard InChI is InChI=1S/C20H21N3O5S2/c1-23(16-10-6-3-7-11-16)18-12-17(22-14-15-8-4-2-5-9-15)19(28-29(24)25)13-20(18)30(21,26)27/h2-13,22H,14H2,1H3,(H,24,25)(H2,21,26,27). The Morgan fingerprint density at radius 1 is 1.07 bits per heavy atom. The molecule has 0 bridgehead atoms. The molecule has 0 radical (unpaired) electrons. The summed E-state index contributed by atoms with van der Waals surface area (Å²) in [5.74, 6) is -0.110. The molecule has 0 aromatic heterocycles. The van der Waals surface area contributed by atoms with Crippen LogP contribution in [0.5, 0.6) is 5.75 Å². The molecule has 3 rings (SSSR count). The van der Waals surface area contributed by atoms with E-state index in [2.05, 4.69) is 5.32 Å². The number of nitrogens with two attached hydrogens (primary N) is 1. The number of sulfonamides is 1. The second-order valence-corrected chi connectivity index (χ2v) is 8.53. The number of hydrogen-bond acceptors (Lipinski definition) is 6. The Hall–Kier alpha value is -2.92. The number of nitrogens with zero attached hydrogens (tertiary/aromatic N) is 1. The van der Waals surface area contributed by atoms with Gasteiger partial charge in [0.25, 0.3) is 0 Å². The molecule has 158 valence electrons. The smallest absolute Gasteiger partial charge is 0.357 e. The molecule has 0 aliphatic carbocycles. The minimum absolute atomic E-state index is 0.110. The average molecular weight is 448 g/mol. The minimum Gasteiger partial charge on any atom is -0.378 e. The van der Waals surface area contributed by atoms with E-state index < -0.39 is 21.4 Å². The lowest BCUT2D eigenvalue weighted by atomic mass is 10.2. The van der Waals surface area contributed by atoms with Crippen LogP contribution in [0.3, 0.4) is 0 Å². The molecule has 10 heteroatoms. The Labute approximate surface area is 177 Å². The van der Waals surface area contributed by atoms with Gasteiger partial charge < -0.3 is 14.4 Å². The molecule has 0 aliphatic heterocycles. The van der Waals surface area contributed by atoms with Gasteiger partial charge in [-0.2, -0.15) is 4.21 Å². The fourth-order valence-electron chi connectivity index (χ4n) is 2.91. The molecule has 3 aromatic carbocycles. The van der Waals surface area contributed by atoms with Crippen LogP contribution < -0.4 is 19.5 Å². The third kappa shape index (κ3) is 5.36. The SMILES string of the molecule is CN(c1ccccc1)c1cc(NCc2ccccc2)c(OS(=O)O)cc1S(N)(=O)=O. The highest BCUT2D eigenvalue weighted by atomic mass is 32.2. The summed E-state index contributed by atoms with van der Waals surface area (Å²) in [6, 6.07) is 21.3. The molecule has 1 unspecified atom stereocenters. The molecule has 0 saturated heterocycles. The quantitative estimate of drug-likeness (QED) is 0.453. The number of para-hydroxylation sites is 1. The van der Waals surface area contributed by atoms with Crippen LogP contribution in [-0.2, 0) is 27.9 Å². The summed E-state index contributed by atoms with van der Waals surface area (Å²) in [7, 11) is -2.46. The van der Waals surface area contributed by atoms with E-state index in [1.165, 1.54) is 6.07 Å². The van der Waals surface area contributed by atoms with Crippen LogP contribution in [0.4, 0.5) is 17.1 Å². The summed E-state index contributed by atoms with van der Waals surface area (Å²) in [5, 5.41) is 8.55. The van der Waals surface area contributed by atoms with Crippen LogP contribution in [-0.4, -0.2) is 24.2 Å². The van der Waals surface area contributed by atoms with Crippen molar-refractivity contribution in [2.45, 2.75) is 11.4 Å². The van der Waals surface area contributed by atoms with E-state index in [4.69, 9.17) is 9.32 Å². The molecule has 0 saturated carbocycles. The van der Waals surface area contributed by atoms with Gasteiger partial charge >= 0.3 is 11.4 Å². The highest BCUT2D eigenvalue weighted by Crippen LogP contribution is 2.38. The number of rotatable bonds is 8. The van der Waals surface area contributed by atoms with Crippen molar-refractivity contribution < 1.29 is 21.4 Å². The van der Waals surface area contributed by atoms with Gasteiger partial charge in [0.05, 0.1) is 11.4 Å². The van der Waals surface area contributed by atoms with Crippen molar-refractivity contribution in [2.24, 2.45) is 5.14 Å². The predicted octanol–water partition coefficient (Wildman–Crippen LogP) is 3.23. The minimum atomic E-state index is -4.16. The van der Waals surface area contributed by atoms with Gasteiger partial charge in [-0.1, -0.05) is 48.5 Å².